The fraction of sp³-hybridized carbons (Fsp3) is 0.0833. The summed E-state index contributed by atoms with van der Waals surface area (Å²) in [6.07, 6.45) is 4.89. The van der Waals surface area contributed by atoms with E-state index in [9.17, 15) is 9.59 Å². The van der Waals surface area contributed by atoms with Gasteiger partial charge in [0, 0.05) is 36.5 Å². The molecule has 2 aromatic heterocycles. The summed E-state index contributed by atoms with van der Waals surface area (Å²) >= 11 is 0. The molecule has 0 bridgehead atoms. The highest BCUT2D eigenvalue weighted by Gasteiger charge is 2.18. The summed E-state index contributed by atoms with van der Waals surface area (Å²) in [4.78, 5) is 31.0. The highest BCUT2D eigenvalue weighted by Crippen LogP contribution is 2.26. The van der Waals surface area contributed by atoms with Gasteiger partial charge in [0.2, 0.25) is 5.91 Å². The maximum absolute atomic E-state index is 12.9. The molecule has 0 aliphatic heterocycles. The molecule has 0 aliphatic carbocycles. The van der Waals surface area contributed by atoms with Crippen LogP contribution in [0.15, 0.2) is 85.7 Å². The monoisotopic (exact) mass is 396 g/mol. The van der Waals surface area contributed by atoms with Gasteiger partial charge in [-0.15, -0.1) is 6.58 Å². The Kier molecular flexibility index (Phi) is 5.22. The van der Waals surface area contributed by atoms with Crippen molar-refractivity contribution in [2.24, 2.45) is 0 Å². The average Bonchev–Trinajstić information content (AvgIpc) is 3.21. The van der Waals surface area contributed by atoms with Gasteiger partial charge in [0.05, 0.1) is 17.5 Å². The lowest BCUT2D eigenvalue weighted by Crippen LogP contribution is -2.28. The number of amides is 1. The molecule has 148 valence electrons. The van der Waals surface area contributed by atoms with Crippen molar-refractivity contribution in [2.45, 2.75) is 6.92 Å². The quantitative estimate of drug-likeness (QED) is 0.362. The van der Waals surface area contributed by atoms with Crippen LogP contribution in [-0.4, -0.2) is 32.8 Å². The van der Waals surface area contributed by atoms with Gasteiger partial charge in [0.1, 0.15) is 0 Å². The zero-order valence-electron chi connectivity index (χ0n) is 16.5. The number of anilines is 1. The van der Waals surface area contributed by atoms with E-state index >= 15 is 0 Å². The Morgan fingerprint density at radius 3 is 2.63 bits per heavy atom. The van der Waals surface area contributed by atoms with E-state index in [1.165, 1.54) is 6.92 Å². The second kappa shape index (κ2) is 8.13. The third kappa shape index (κ3) is 3.51. The van der Waals surface area contributed by atoms with Crippen LogP contribution in [-0.2, 0) is 4.79 Å². The summed E-state index contributed by atoms with van der Waals surface area (Å²) in [5.41, 5.74) is 3.91. The molecule has 0 saturated carbocycles. The van der Waals surface area contributed by atoms with Crippen LogP contribution in [0.1, 0.15) is 22.8 Å². The summed E-state index contributed by atoms with van der Waals surface area (Å²) in [5, 5.41) is 4.42. The van der Waals surface area contributed by atoms with Crippen LogP contribution in [0.3, 0.4) is 0 Å². The lowest BCUT2D eigenvalue weighted by molar-refractivity contribution is -0.116. The third-order valence-corrected chi connectivity index (χ3v) is 4.83. The van der Waals surface area contributed by atoms with E-state index in [1.807, 2.05) is 48.5 Å². The molecular weight excluding hydrogens is 376 g/mol. The standard InChI is InChI=1S/C24H20N4O2/c1-3-14-27(17(2)29)20-11-7-10-19(15-20)22-12-13-25-24-21(16-26-28(22)24)23(30)18-8-5-4-6-9-18/h3-13,15-16H,1,14H2,2H3. The molecule has 2 aromatic carbocycles. The molecule has 0 aliphatic rings. The number of benzene rings is 2. The van der Waals surface area contributed by atoms with E-state index in [-0.39, 0.29) is 11.7 Å². The first-order chi connectivity index (χ1) is 14.6. The smallest absolute Gasteiger partial charge is 0.224 e. The zero-order chi connectivity index (χ0) is 21.1. The molecule has 0 fully saturated rings. The first-order valence-corrected chi connectivity index (χ1v) is 9.52. The number of carbonyl (C=O) groups is 2. The first-order valence-electron chi connectivity index (χ1n) is 9.52. The highest BCUT2D eigenvalue weighted by atomic mass is 16.2. The lowest BCUT2D eigenvalue weighted by atomic mass is 10.1. The Labute approximate surface area is 174 Å². The van der Waals surface area contributed by atoms with Crippen molar-refractivity contribution in [1.82, 2.24) is 14.6 Å². The van der Waals surface area contributed by atoms with Gasteiger partial charge < -0.3 is 4.90 Å². The van der Waals surface area contributed by atoms with Crippen LogP contribution in [0.4, 0.5) is 5.69 Å². The molecule has 0 unspecified atom stereocenters. The van der Waals surface area contributed by atoms with E-state index in [0.29, 0.717) is 23.3 Å². The number of rotatable bonds is 6. The van der Waals surface area contributed by atoms with Crippen LogP contribution < -0.4 is 4.90 Å². The molecule has 6 nitrogen and oxygen atoms in total. The largest absolute Gasteiger partial charge is 0.309 e. The number of hydrogen-bond acceptors (Lipinski definition) is 4. The van der Waals surface area contributed by atoms with E-state index < -0.39 is 0 Å². The van der Waals surface area contributed by atoms with Gasteiger partial charge in [-0.2, -0.15) is 5.10 Å². The Bertz CT molecular complexity index is 1240. The Balaban J connectivity index is 1.79. The Morgan fingerprint density at radius 2 is 1.90 bits per heavy atom. The number of aromatic nitrogens is 3. The lowest BCUT2D eigenvalue weighted by Gasteiger charge is -2.20. The van der Waals surface area contributed by atoms with E-state index in [4.69, 9.17) is 0 Å². The van der Waals surface area contributed by atoms with Crippen LogP contribution in [0, 0.1) is 0 Å². The van der Waals surface area contributed by atoms with Gasteiger partial charge >= 0.3 is 0 Å². The van der Waals surface area contributed by atoms with Gasteiger partial charge in [-0.05, 0) is 18.2 Å². The molecule has 0 atom stereocenters. The molecule has 1 amide bonds. The second-order valence-electron chi connectivity index (χ2n) is 6.79. The SMILES string of the molecule is C=CCN(C(C)=O)c1cccc(-c2ccnc3c(C(=O)c4ccccc4)cnn23)c1. The second-order valence-corrected chi connectivity index (χ2v) is 6.79. The average molecular weight is 396 g/mol. The molecule has 0 radical (unpaired) electrons. The molecule has 4 rings (SSSR count). The van der Waals surface area contributed by atoms with Gasteiger partial charge in [-0.3, -0.25) is 9.59 Å². The molecule has 6 heteroatoms. The van der Waals surface area contributed by atoms with Crippen LogP contribution in [0.5, 0.6) is 0 Å². The third-order valence-electron chi connectivity index (χ3n) is 4.83. The molecule has 30 heavy (non-hydrogen) atoms. The number of ketones is 1. The summed E-state index contributed by atoms with van der Waals surface area (Å²) < 4.78 is 1.65. The number of fused-ring (bicyclic) bond motifs is 1. The molecule has 0 saturated heterocycles. The molecular formula is C24H20N4O2. The van der Waals surface area contributed by atoms with Gasteiger partial charge in [0.15, 0.2) is 11.4 Å². The van der Waals surface area contributed by atoms with Gasteiger partial charge in [-0.1, -0.05) is 48.5 Å². The molecule has 0 spiro atoms. The number of nitrogens with zero attached hydrogens (tertiary/aromatic N) is 4. The van der Waals surface area contributed by atoms with Crippen molar-refractivity contribution in [3.63, 3.8) is 0 Å². The van der Waals surface area contributed by atoms with E-state index in [2.05, 4.69) is 16.7 Å². The van der Waals surface area contributed by atoms with E-state index in [0.717, 1.165) is 16.9 Å². The van der Waals surface area contributed by atoms with Crippen LogP contribution >= 0.6 is 0 Å². The van der Waals surface area contributed by atoms with Crippen molar-refractivity contribution < 1.29 is 9.59 Å². The van der Waals surface area contributed by atoms with Crippen LogP contribution in [0.2, 0.25) is 0 Å². The predicted octanol–water partition coefficient (Wildman–Crippen LogP) is 4.17. The summed E-state index contributed by atoms with van der Waals surface area (Å²) in [6.45, 7) is 5.67. The normalized spacial score (nSPS) is 10.7. The molecule has 2 heterocycles. The Morgan fingerprint density at radius 1 is 1.10 bits per heavy atom. The summed E-state index contributed by atoms with van der Waals surface area (Å²) in [6, 6.07) is 18.5. The Hall–Kier alpha value is -4.06. The van der Waals surface area contributed by atoms with Crippen molar-refractivity contribution in [2.75, 3.05) is 11.4 Å². The van der Waals surface area contributed by atoms with E-state index in [1.54, 1.807) is 40.0 Å². The maximum atomic E-state index is 12.9. The fourth-order valence-corrected chi connectivity index (χ4v) is 3.39. The fourth-order valence-electron chi connectivity index (χ4n) is 3.39. The minimum Gasteiger partial charge on any atom is -0.309 e. The van der Waals surface area contributed by atoms with Crippen molar-refractivity contribution in [3.8, 4) is 11.3 Å². The minimum atomic E-state index is -0.127. The molecule has 0 N–H and O–H groups in total. The highest BCUT2D eigenvalue weighted by molar-refractivity contribution is 6.12. The van der Waals surface area contributed by atoms with Crippen molar-refractivity contribution in [1.29, 1.82) is 0 Å². The molecule has 4 aromatic rings. The van der Waals surface area contributed by atoms with Crippen molar-refractivity contribution >= 4 is 23.0 Å². The first kappa shape index (κ1) is 19.3. The predicted molar refractivity (Wildman–Crippen MR) is 117 cm³/mol. The topological polar surface area (TPSA) is 67.6 Å². The van der Waals surface area contributed by atoms with Gasteiger partial charge in [-0.25, -0.2) is 9.50 Å². The maximum Gasteiger partial charge on any atom is 0.224 e. The van der Waals surface area contributed by atoms with Gasteiger partial charge in [0.25, 0.3) is 0 Å². The minimum absolute atomic E-state index is 0.0678. The number of hydrogen-bond donors (Lipinski definition) is 0. The summed E-state index contributed by atoms with van der Waals surface area (Å²) in [7, 11) is 0. The zero-order valence-corrected chi connectivity index (χ0v) is 16.5. The summed E-state index contributed by atoms with van der Waals surface area (Å²) in [5.74, 6) is -0.195. The number of carbonyl (C=O) groups excluding carboxylic acids is 2. The van der Waals surface area contributed by atoms with Crippen molar-refractivity contribution in [3.05, 3.63) is 96.8 Å². The van der Waals surface area contributed by atoms with Crippen LogP contribution in [0.25, 0.3) is 16.9 Å².